The van der Waals surface area contributed by atoms with Crippen LogP contribution in [-0.2, 0) is 4.74 Å². The number of urea groups is 1. The molecule has 0 saturated heterocycles. The number of hydrogen-bond donors (Lipinski definition) is 3. The van der Waals surface area contributed by atoms with Crippen molar-refractivity contribution in [2.45, 2.75) is 46.5 Å². The minimum Gasteiger partial charge on any atom is -0.478 e. The summed E-state index contributed by atoms with van der Waals surface area (Å²) in [4.78, 5) is 20.5. The molecule has 1 unspecified atom stereocenters. The van der Waals surface area contributed by atoms with Crippen LogP contribution in [0.2, 0.25) is 0 Å². The Hall–Kier alpha value is -2.57. The molecule has 1 atom stereocenters. The zero-order valence-corrected chi connectivity index (χ0v) is 17.1. The van der Waals surface area contributed by atoms with Gasteiger partial charge in [-0.05, 0) is 37.0 Å². The second-order valence-corrected chi connectivity index (χ2v) is 6.48. The van der Waals surface area contributed by atoms with Crippen LogP contribution < -0.4 is 16.4 Å². The molecule has 0 fully saturated rings. The fourth-order valence-electron chi connectivity index (χ4n) is 2.58. The summed E-state index contributed by atoms with van der Waals surface area (Å²) in [5.41, 5.74) is 8.01. The first-order valence-corrected chi connectivity index (χ1v) is 9.45. The predicted octanol–water partition coefficient (Wildman–Crippen LogP) is 4.00. The van der Waals surface area contributed by atoms with E-state index >= 15 is 0 Å². The number of carbonyl (C=O) groups excluding carboxylic acids is 1. The van der Waals surface area contributed by atoms with E-state index in [2.05, 4.69) is 34.5 Å². The molecule has 0 aliphatic rings. The number of methoxy groups -OCH3 is 1. The number of amides is 2. The summed E-state index contributed by atoms with van der Waals surface area (Å²) < 4.78 is 5.16. The molecule has 1 rings (SSSR count). The average molecular weight is 376 g/mol. The number of carbonyl (C=O) groups is 1. The maximum absolute atomic E-state index is 12.3. The Morgan fingerprint density at radius 2 is 2.07 bits per heavy atom. The van der Waals surface area contributed by atoms with Crippen LogP contribution in [0.25, 0.3) is 0 Å². The molecule has 0 heterocycles. The van der Waals surface area contributed by atoms with Gasteiger partial charge in [-0.2, -0.15) is 0 Å². The van der Waals surface area contributed by atoms with Crippen molar-refractivity contribution in [3.63, 3.8) is 0 Å². The van der Waals surface area contributed by atoms with Crippen LogP contribution in [0.4, 0.5) is 16.2 Å². The fourth-order valence-corrected chi connectivity index (χ4v) is 2.58. The zero-order chi connectivity index (χ0) is 20.2. The average Bonchev–Trinajstić information content (AvgIpc) is 2.68. The quantitative estimate of drug-likeness (QED) is 0.473. The van der Waals surface area contributed by atoms with E-state index in [-0.39, 0.29) is 17.8 Å². The standard InChI is InChI=1S/C20H33N5O2/c1-6-8-9-15(7-2)13-23-20(26)25-17-12-16(11-10-14(17)3)24-19(27-5)18(21)22-4/h10-12,15H,6-9,13H2,1-5H3,(H2,21,22)(H2,23,25,26). The highest BCUT2D eigenvalue weighted by Gasteiger charge is 2.10. The number of aliphatic imine (C=N–C) groups is 2. The molecule has 150 valence electrons. The lowest BCUT2D eigenvalue weighted by atomic mass is 9.99. The SMILES string of the molecule is CCCCC(CC)CNC(=O)Nc1cc(N=C(OC)C(N)=NC)ccc1C. The lowest BCUT2D eigenvalue weighted by molar-refractivity contribution is 0.249. The molecule has 1 aromatic carbocycles. The zero-order valence-electron chi connectivity index (χ0n) is 17.1. The Bertz CT molecular complexity index is 670. The summed E-state index contributed by atoms with van der Waals surface area (Å²) in [5.74, 6) is 0.953. The van der Waals surface area contributed by atoms with Crippen molar-refractivity contribution in [3.8, 4) is 0 Å². The Morgan fingerprint density at radius 1 is 1.33 bits per heavy atom. The molecular weight excluding hydrogens is 342 g/mol. The highest BCUT2D eigenvalue weighted by molar-refractivity contribution is 6.37. The second kappa shape index (κ2) is 11.9. The lowest BCUT2D eigenvalue weighted by Gasteiger charge is -2.16. The smallest absolute Gasteiger partial charge is 0.319 e. The number of ether oxygens (including phenoxy) is 1. The molecule has 1 aromatic rings. The summed E-state index contributed by atoms with van der Waals surface area (Å²) >= 11 is 0. The normalized spacial score (nSPS) is 13.2. The number of nitrogens with two attached hydrogens (primary N) is 1. The van der Waals surface area contributed by atoms with Gasteiger partial charge in [0.05, 0.1) is 12.8 Å². The lowest BCUT2D eigenvalue weighted by Crippen LogP contribution is -2.33. The van der Waals surface area contributed by atoms with Gasteiger partial charge in [0.1, 0.15) is 0 Å². The predicted molar refractivity (Wildman–Crippen MR) is 113 cm³/mol. The van der Waals surface area contributed by atoms with Crippen molar-refractivity contribution in [1.82, 2.24) is 5.32 Å². The van der Waals surface area contributed by atoms with Crippen LogP contribution in [0.5, 0.6) is 0 Å². The van der Waals surface area contributed by atoms with Gasteiger partial charge in [0, 0.05) is 19.3 Å². The molecule has 7 nitrogen and oxygen atoms in total. The molecule has 0 spiro atoms. The van der Waals surface area contributed by atoms with Crippen LogP contribution in [-0.4, -0.2) is 38.5 Å². The van der Waals surface area contributed by atoms with Gasteiger partial charge < -0.3 is 21.1 Å². The van der Waals surface area contributed by atoms with Crippen molar-refractivity contribution in [3.05, 3.63) is 23.8 Å². The third-order valence-corrected chi connectivity index (χ3v) is 4.45. The molecule has 0 saturated carbocycles. The van der Waals surface area contributed by atoms with Gasteiger partial charge in [-0.25, -0.2) is 9.79 Å². The number of rotatable bonds is 8. The van der Waals surface area contributed by atoms with Gasteiger partial charge in [0.15, 0.2) is 5.84 Å². The minimum absolute atomic E-state index is 0.211. The van der Waals surface area contributed by atoms with Crippen LogP contribution in [0.15, 0.2) is 28.2 Å². The van der Waals surface area contributed by atoms with E-state index < -0.39 is 0 Å². The van der Waals surface area contributed by atoms with Crippen LogP contribution >= 0.6 is 0 Å². The molecule has 2 amide bonds. The number of nitrogens with zero attached hydrogens (tertiary/aromatic N) is 2. The number of nitrogens with one attached hydrogen (secondary N) is 2. The Kier molecular flexibility index (Phi) is 9.93. The number of aryl methyl sites for hydroxylation is 1. The van der Waals surface area contributed by atoms with E-state index in [1.165, 1.54) is 20.0 Å². The van der Waals surface area contributed by atoms with E-state index in [0.29, 0.717) is 23.8 Å². The van der Waals surface area contributed by atoms with Gasteiger partial charge in [0.25, 0.3) is 5.90 Å². The van der Waals surface area contributed by atoms with Crippen molar-refractivity contribution in [1.29, 1.82) is 0 Å². The molecule has 0 radical (unpaired) electrons. The third kappa shape index (κ3) is 7.68. The van der Waals surface area contributed by atoms with E-state index in [1.54, 1.807) is 13.1 Å². The van der Waals surface area contributed by atoms with Crippen LogP contribution in [0.3, 0.4) is 0 Å². The van der Waals surface area contributed by atoms with E-state index in [0.717, 1.165) is 18.4 Å². The molecule has 0 bridgehead atoms. The first-order valence-electron chi connectivity index (χ1n) is 9.45. The highest BCUT2D eigenvalue weighted by atomic mass is 16.5. The number of amidine groups is 1. The van der Waals surface area contributed by atoms with Gasteiger partial charge in [-0.15, -0.1) is 0 Å². The van der Waals surface area contributed by atoms with Gasteiger partial charge in [0.2, 0.25) is 0 Å². The monoisotopic (exact) mass is 375 g/mol. The Morgan fingerprint density at radius 3 is 2.67 bits per heavy atom. The number of benzene rings is 1. The summed E-state index contributed by atoms with van der Waals surface area (Å²) in [7, 11) is 3.06. The fraction of sp³-hybridized carbons (Fsp3) is 0.550. The number of hydrogen-bond acceptors (Lipinski definition) is 4. The minimum atomic E-state index is -0.212. The molecule has 0 aliphatic carbocycles. The summed E-state index contributed by atoms with van der Waals surface area (Å²) in [5, 5.41) is 5.87. The maximum Gasteiger partial charge on any atom is 0.319 e. The van der Waals surface area contributed by atoms with E-state index in [4.69, 9.17) is 10.5 Å². The summed E-state index contributed by atoms with van der Waals surface area (Å²) in [6, 6.07) is 5.29. The number of anilines is 1. The highest BCUT2D eigenvalue weighted by Crippen LogP contribution is 2.23. The third-order valence-electron chi connectivity index (χ3n) is 4.45. The molecule has 0 aliphatic heterocycles. The van der Waals surface area contributed by atoms with Crippen molar-refractivity contribution in [2.75, 3.05) is 26.0 Å². The Balaban J connectivity index is 2.80. The first kappa shape index (κ1) is 22.5. The van der Waals surface area contributed by atoms with Gasteiger partial charge in [-0.3, -0.25) is 4.99 Å². The summed E-state index contributed by atoms with van der Waals surface area (Å²) in [6.07, 6.45) is 4.55. The first-order chi connectivity index (χ1) is 12.9. The number of unbranched alkanes of at least 4 members (excludes halogenated alkanes) is 1. The second-order valence-electron chi connectivity index (χ2n) is 6.48. The van der Waals surface area contributed by atoms with Crippen LogP contribution in [0.1, 0.15) is 45.1 Å². The van der Waals surface area contributed by atoms with E-state index in [1.807, 2.05) is 19.1 Å². The van der Waals surface area contributed by atoms with Gasteiger partial charge in [-0.1, -0.05) is 39.2 Å². The molecular formula is C20H33N5O2. The molecule has 4 N–H and O–H groups in total. The van der Waals surface area contributed by atoms with Crippen molar-refractivity contribution in [2.24, 2.45) is 21.6 Å². The largest absolute Gasteiger partial charge is 0.478 e. The van der Waals surface area contributed by atoms with E-state index in [9.17, 15) is 4.79 Å². The van der Waals surface area contributed by atoms with Crippen LogP contribution in [0, 0.1) is 12.8 Å². The maximum atomic E-state index is 12.3. The van der Waals surface area contributed by atoms with Gasteiger partial charge >= 0.3 is 6.03 Å². The van der Waals surface area contributed by atoms with Crippen molar-refractivity contribution < 1.29 is 9.53 Å². The molecule has 0 aromatic heterocycles. The Labute approximate surface area is 162 Å². The van der Waals surface area contributed by atoms with Crippen molar-refractivity contribution >= 4 is 29.1 Å². The summed E-state index contributed by atoms with van der Waals surface area (Å²) in [6.45, 7) is 6.94. The molecule has 27 heavy (non-hydrogen) atoms. The molecule has 7 heteroatoms. The topological polar surface area (TPSA) is 101 Å².